The summed E-state index contributed by atoms with van der Waals surface area (Å²) < 4.78 is 18.0. The topological polar surface area (TPSA) is 39.2 Å². The van der Waals surface area contributed by atoms with Crippen molar-refractivity contribution < 1.29 is 13.9 Å². The molecule has 0 fully saturated rings. The molecular weight excluding hydrogens is 221 g/mol. The third-order valence-corrected chi connectivity index (χ3v) is 2.54. The van der Waals surface area contributed by atoms with E-state index in [1.54, 1.807) is 6.07 Å². The number of fused-ring (bicyclic) bond motifs is 1. The first-order valence-corrected chi connectivity index (χ1v) is 5.23. The predicted octanol–water partition coefficient (Wildman–Crippen LogP) is 2.40. The second-order valence-electron chi connectivity index (χ2n) is 3.84. The molecule has 0 saturated heterocycles. The van der Waals surface area contributed by atoms with E-state index in [1.807, 2.05) is 13.0 Å². The number of hydrogen-bond donors (Lipinski definition) is 0. The standard InChI is InChI=1S/C13H12FNO2/c1-8-3-4-9-5-11(14)6-10(13(9)15-8)7-12(16)17-2/h3-6H,7H2,1-2H3. The highest BCUT2D eigenvalue weighted by atomic mass is 19.1. The molecule has 0 saturated carbocycles. The molecule has 4 heteroatoms. The van der Waals surface area contributed by atoms with Crippen molar-refractivity contribution in [3.8, 4) is 0 Å². The first-order chi connectivity index (χ1) is 8.10. The Morgan fingerprint density at radius 1 is 1.41 bits per heavy atom. The number of carbonyl (C=O) groups is 1. The highest BCUT2D eigenvalue weighted by molar-refractivity contribution is 5.86. The molecule has 0 aliphatic carbocycles. The Morgan fingerprint density at radius 3 is 2.88 bits per heavy atom. The molecule has 3 nitrogen and oxygen atoms in total. The van der Waals surface area contributed by atoms with Crippen molar-refractivity contribution in [3.05, 3.63) is 41.3 Å². The molecule has 1 aromatic heterocycles. The molecule has 2 aromatic rings. The van der Waals surface area contributed by atoms with E-state index in [9.17, 15) is 9.18 Å². The molecule has 0 amide bonds. The van der Waals surface area contributed by atoms with Gasteiger partial charge in [0.25, 0.3) is 0 Å². The number of methoxy groups -OCH3 is 1. The molecular formula is C13H12FNO2. The number of nitrogens with zero attached hydrogens (tertiary/aromatic N) is 1. The van der Waals surface area contributed by atoms with E-state index in [2.05, 4.69) is 9.72 Å². The van der Waals surface area contributed by atoms with Crippen molar-refractivity contribution in [2.75, 3.05) is 7.11 Å². The number of halogens is 1. The molecule has 0 spiro atoms. The van der Waals surface area contributed by atoms with Crippen molar-refractivity contribution in [1.29, 1.82) is 0 Å². The van der Waals surface area contributed by atoms with Crippen molar-refractivity contribution in [2.45, 2.75) is 13.3 Å². The highest BCUT2D eigenvalue weighted by Crippen LogP contribution is 2.20. The monoisotopic (exact) mass is 233 g/mol. The van der Waals surface area contributed by atoms with Gasteiger partial charge in [0.15, 0.2) is 0 Å². The predicted molar refractivity (Wildman–Crippen MR) is 62.2 cm³/mol. The molecule has 0 N–H and O–H groups in total. The fourth-order valence-electron chi connectivity index (χ4n) is 1.73. The average molecular weight is 233 g/mol. The Balaban J connectivity index is 2.59. The highest BCUT2D eigenvalue weighted by Gasteiger charge is 2.10. The zero-order valence-electron chi connectivity index (χ0n) is 9.66. The molecule has 17 heavy (non-hydrogen) atoms. The summed E-state index contributed by atoms with van der Waals surface area (Å²) in [6.45, 7) is 1.85. The lowest BCUT2D eigenvalue weighted by atomic mass is 10.1. The van der Waals surface area contributed by atoms with Gasteiger partial charge in [-0.3, -0.25) is 9.78 Å². The van der Waals surface area contributed by atoms with Crippen molar-refractivity contribution in [1.82, 2.24) is 4.98 Å². The van der Waals surface area contributed by atoms with E-state index in [0.29, 0.717) is 16.5 Å². The molecule has 1 aromatic carbocycles. The Hall–Kier alpha value is -1.97. The van der Waals surface area contributed by atoms with Gasteiger partial charge in [-0.25, -0.2) is 4.39 Å². The lowest BCUT2D eigenvalue weighted by Crippen LogP contribution is -2.06. The maximum absolute atomic E-state index is 13.4. The lowest BCUT2D eigenvalue weighted by Gasteiger charge is -2.06. The summed E-state index contributed by atoms with van der Waals surface area (Å²) in [6, 6.07) is 6.33. The third-order valence-electron chi connectivity index (χ3n) is 2.54. The Morgan fingerprint density at radius 2 is 2.18 bits per heavy atom. The van der Waals surface area contributed by atoms with Crippen LogP contribution in [-0.4, -0.2) is 18.1 Å². The first kappa shape index (κ1) is 11.5. The van der Waals surface area contributed by atoms with Gasteiger partial charge in [-0.05, 0) is 30.7 Å². The van der Waals surface area contributed by atoms with Gasteiger partial charge < -0.3 is 4.74 Å². The molecule has 0 aliphatic heterocycles. The van der Waals surface area contributed by atoms with E-state index >= 15 is 0 Å². The number of pyridine rings is 1. The van der Waals surface area contributed by atoms with Crippen LogP contribution in [0.1, 0.15) is 11.3 Å². The van der Waals surface area contributed by atoms with Crippen molar-refractivity contribution in [3.63, 3.8) is 0 Å². The lowest BCUT2D eigenvalue weighted by molar-refractivity contribution is -0.139. The van der Waals surface area contributed by atoms with Crippen LogP contribution in [0.5, 0.6) is 0 Å². The van der Waals surface area contributed by atoms with Gasteiger partial charge in [0, 0.05) is 11.1 Å². The van der Waals surface area contributed by atoms with Gasteiger partial charge >= 0.3 is 5.97 Å². The summed E-state index contributed by atoms with van der Waals surface area (Å²) in [5.41, 5.74) is 2.03. The average Bonchev–Trinajstić information content (AvgIpc) is 2.29. The van der Waals surface area contributed by atoms with E-state index in [-0.39, 0.29) is 12.2 Å². The minimum Gasteiger partial charge on any atom is -0.469 e. The van der Waals surface area contributed by atoms with Crippen LogP contribution >= 0.6 is 0 Å². The largest absolute Gasteiger partial charge is 0.469 e. The molecule has 0 unspecified atom stereocenters. The van der Waals surface area contributed by atoms with Gasteiger partial charge in [0.1, 0.15) is 5.82 Å². The Labute approximate surface area is 98.2 Å². The second-order valence-corrected chi connectivity index (χ2v) is 3.84. The van der Waals surface area contributed by atoms with Crippen LogP contribution in [0.2, 0.25) is 0 Å². The SMILES string of the molecule is COC(=O)Cc1cc(F)cc2ccc(C)nc12. The number of aromatic nitrogens is 1. The minimum absolute atomic E-state index is 0.0290. The summed E-state index contributed by atoms with van der Waals surface area (Å²) in [7, 11) is 1.31. The van der Waals surface area contributed by atoms with Gasteiger partial charge in [0.05, 0.1) is 19.0 Å². The summed E-state index contributed by atoms with van der Waals surface area (Å²) in [5, 5.41) is 0.689. The maximum Gasteiger partial charge on any atom is 0.310 e. The molecule has 0 atom stereocenters. The van der Waals surface area contributed by atoms with Gasteiger partial charge in [0.2, 0.25) is 0 Å². The van der Waals surface area contributed by atoms with E-state index in [1.165, 1.54) is 19.2 Å². The van der Waals surface area contributed by atoms with E-state index < -0.39 is 5.97 Å². The number of aryl methyl sites for hydroxylation is 1. The number of hydrogen-bond acceptors (Lipinski definition) is 3. The Kier molecular flexibility index (Phi) is 3.04. The normalized spacial score (nSPS) is 10.5. The van der Waals surface area contributed by atoms with Crippen LogP contribution in [0, 0.1) is 12.7 Å². The fraction of sp³-hybridized carbons (Fsp3) is 0.231. The number of ether oxygens (including phenoxy) is 1. The van der Waals surface area contributed by atoms with Gasteiger partial charge in [-0.15, -0.1) is 0 Å². The van der Waals surface area contributed by atoms with Gasteiger partial charge in [-0.2, -0.15) is 0 Å². The zero-order valence-corrected chi connectivity index (χ0v) is 9.66. The number of carbonyl (C=O) groups excluding carboxylic acids is 1. The smallest absolute Gasteiger partial charge is 0.310 e. The number of benzene rings is 1. The van der Waals surface area contributed by atoms with Crippen LogP contribution in [0.25, 0.3) is 10.9 Å². The first-order valence-electron chi connectivity index (χ1n) is 5.23. The van der Waals surface area contributed by atoms with Crippen LogP contribution in [0.3, 0.4) is 0 Å². The summed E-state index contributed by atoms with van der Waals surface area (Å²) in [4.78, 5) is 15.6. The number of rotatable bonds is 2. The van der Waals surface area contributed by atoms with Crippen molar-refractivity contribution >= 4 is 16.9 Å². The van der Waals surface area contributed by atoms with Crippen LogP contribution in [-0.2, 0) is 16.0 Å². The third kappa shape index (κ3) is 2.41. The summed E-state index contributed by atoms with van der Waals surface area (Å²) in [6.07, 6.45) is 0.0290. The van der Waals surface area contributed by atoms with E-state index in [0.717, 1.165) is 5.69 Å². The molecule has 88 valence electrons. The minimum atomic E-state index is -0.403. The van der Waals surface area contributed by atoms with Crippen LogP contribution < -0.4 is 0 Å². The van der Waals surface area contributed by atoms with Crippen LogP contribution in [0.15, 0.2) is 24.3 Å². The maximum atomic E-state index is 13.4. The molecule has 2 rings (SSSR count). The quantitative estimate of drug-likeness (QED) is 0.748. The molecule has 0 radical (unpaired) electrons. The molecule has 0 bridgehead atoms. The zero-order chi connectivity index (χ0) is 12.4. The summed E-state index contributed by atoms with van der Waals surface area (Å²) >= 11 is 0. The fourth-order valence-corrected chi connectivity index (χ4v) is 1.73. The van der Waals surface area contributed by atoms with Gasteiger partial charge in [-0.1, -0.05) is 6.07 Å². The summed E-state index contributed by atoms with van der Waals surface area (Å²) in [5.74, 6) is -0.776. The second kappa shape index (κ2) is 4.49. The Bertz CT molecular complexity index is 581. The van der Waals surface area contributed by atoms with Crippen molar-refractivity contribution in [2.24, 2.45) is 0 Å². The van der Waals surface area contributed by atoms with E-state index in [4.69, 9.17) is 0 Å². The number of esters is 1. The molecule has 1 heterocycles. The van der Waals surface area contributed by atoms with Crippen LogP contribution in [0.4, 0.5) is 4.39 Å². The molecule has 0 aliphatic rings.